The van der Waals surface area contributed by atoms with Gasteiger partial charge in [0.1, 0.15) is 5.82 Å². The van der Waals surface area contributed by atoms with Gasteiger partial charge in [0.15, 0.2) is 5.82 Å². The SMILES string of the molecule is Cc1cc(N2CCN(C(=O)C(C)(C)CCl)CC2)nc(-c2cccc(C(F)(F)F)c2)n1. The van der Waals surface area contributed by atoms with Crippen molar-refractivity contribution in [3.05, 3.63) is 41.6 Å². The van der Waals surface area contributed by atoms with Gasteiger partial charge in [-0.2, -0.15) is 13.2 Å². The van der Waals surface area contributed by atoms with Crippen molar-refractivity contribution in [2.45, 2.75) is 26.9 Å². The van der Waals surface area contributed by atoms with Gasteiger partial charge in [-0.1, -0.05) is 12.1 Å². The first-order chi connectivity index (χ1) is 14.0. The normalized spacial score (nSPS) is 15.4. The number of aromatic nitrogens is 2. The van der Waals surface area contributed by atoms with Crippen LogP contribution in [0.1, 0.15) is 25.1 Å². The van der Waals surface area contributed by atoms with E-state index in [0.29, 0.717) is 43.3 Å². The number of nitrogens with zero attached hydrogens (tertiary/aromatic N) is 4. The highest BCUT2D eigenvalue weighted by molar-refractivity contribution is 6.19. The van der Waals surface area contributed by atoms with Gasteiger partial charge in [0, 0.05) is 49.4 Å². The Hall–Kier alpha value is -2.35. The minimum atomic E-state index is -4.43. The van der Waals surface area contributed by atoms with Gasteiger partial charge < -0.3 is 9.80 Å². The van der Waals surface area contributed by atoms with Crippen LogP contribution in [0.25, 0.3) is 11.4 Å². The summed E-state index contributed by atoms with van der Waals surface area (Å²) in [7, 11) is 0. The highest BCUT2D eigenvalue weighted by Crippen LogP contribution is 2.32. The van der Waals surface area contributed by atoms with Gasteiger partial charge in [0.2, 0.25) is 5.91 Å². The molecule has 1 amide bonds. The van der Waals surface area contributed by atoms with Crippen LogP contribution in [-0.2, 0) is 11.0 Å². The topological polar surface area (TPSA) is 49.3 Å². The first-order valence-electron chi connectivity index (χ1n) is 9.65. The van der Waals surface area contributed by atoms with E-state index in [1.54, 1.807) is 24.0 Å². The predicted molar refractivity (Wildman–Crippen MR) is 111 cm³/mol. The molecule has 3 rings (SSSR count). The van der Waals surface area contributed by atoms with Gasteiger partial charge in [-0.15, -0.1) is 11.6 Å². The number of piperazine rings is 1. The maximum Gasteiger partial charge on any atom is 0.416 e. The molecule has 0 unspecified atom stereocenters. The predicted octanol–water partition coefficient (Wildman–Crippen LogP) is 4.38. The molecule has 162 valence electrons. The summed E-state index contributed by atoms with van der Waals surface area (Å²) >= 11 is 5.92. The summed E-state index contributed by atoms with van der Waals surface area (Å²) in [5.74, 6) is 1.15. The molecule has 2 heterocycles. The summed E-state index contributed by atoms with van der Waals surface area (Å²) in [5.41, 5.74) is -0.381. The number of hydrogen-bond acceptors (Lipinski definition) is 4. The number of rotatable bonds is 4. The van der Waals surface area contributed by atoms with Crippen molar-refractivity contribution in [2.75, 3.05) is 37.0 Å². The molecule has 0 N–H and O–H groups in total. The van der Waals surface area contributed by atoms with Crippen LogP contribution in [-0.4, -0.2) is 52.8 Å². The summed E-state index contributed by atoms with van der Waals surface area (Å²) in [4.78, 5) is 25.2. The number of benzene rings is 1. The summed E-state index contributed by atoms with van der Waals surface area (Å²) in [6.45, 7) is 7.63. The fourth-order valence-corrected chi connectivity index (χ4v) is 3.42. The largest absolute Gasteiger partial charge is 0.416 e. The third kappa shape index (κ3) is 4.86. The maximum atomic E-state index is 13.1. The molecule has 0 atom stereocenters. The van der Waals surface area contributed by atoms with E-state index >= 15 is 0 Å². The monoisotopic (exact) mass is 440 g/mol. The lowest BCUT2D eigenvalue weighted by molar-refractivity contribution is -0.139. The summed E-state index contributed by atoms with van der Waals surface area (Å²) in [6.07, 6.45) is -4.43. The molecule has 1 aliphatic heterocycles. The zero-order valence-corrected chi connectivity index (χ0v) is 17.9. The number of amides is 1. The summed E-state index contributed by atoms with van der Waals surface area (Å²) in [5, 5.41) is 0. The standard InChI is InChI=1S/C21H24ClF3N4O/c1-14-11-17(28-7-9-29(10-8-28)19(30)20(2,3)13-22)27-18(26-14)15-5-4-6-16(12-15)21(23,24)25/h4-6,11-12H,7-10,13H2,1-3H3. The minimum Gasteiger partial charge on any atom is -0.353 e. The Morgan fingerprint density at radius 1 is 1.10 bits per heavy atom. The molecule has 0 spiro atoms. The number of alkyl halides is 4. The Morgan fingerprint density at radius 2 is 1.77 bits per heavy atom. The minimum absolute atomic E-state index is 0.0145. The number of carbonyl (C=O) groups is 1. The van der Waals surface area contributed by atoms with Crippen molar-refractivity contribution in [2.24, 2.45) is 5.41 Å². The van der Waals surface area contributed by atoms with Crippen molar-refractivity contribution >= 4 is 23.3 Å². The molecule has 1 aromatic carbocycles. The second kappa shape index (κ2) is 8.41. The molecular weight excluding hydrogens is 417 g/mol. The molecule has 1 aliphatic rings. The molecule has 1 aromatic heterocycles. The molecule has 0 radical (unpaired) electrons. The smallest absolute Gasteiger partial charge is 0.353 e. The van der Waals surface area contributed by atoms with E-state index in [4.69, 9.17) is 11.6 Å². The van der Waals surface area contributed by atoms with Crippen LogP contribution in [0.4, 0.5) is 19.0 Å². The highest BCUT2D eigenvalue weighted by Gasteiger charge is 2.33. The van der Waals surface area contributed by atoms with Crippen molar-refractivity contribution in [3.63, 3.8) is 0 Å². The molecule has 9 heteroatoms. The molecule has 1 fully saturated rings. The second-order valence-corrected chi connectivity index (χ2v) is 8.33. The lowest BCUT2D eigenvalue weighted by atomic mass is 9.94. The first kappa shape index (κ1) is 22.3. The average Bonchev–Trinajstić information content (AvgIpc) is 2.72. The molecule has 0 bridgehead atoms. The highest BCUT2D eigenvalue weighted by atomic mass is 35.5. The summed E-state index contributed by atoms with van der Waals surface area (Å²) in [6, 6.07) is 6.81. The zero-order valence-electron chi connectivity index (χ0n) is 17.1. The van der Waals surface area contributed by atoms with Crippen molar-refractivity contribution in [3.8, 4) is 11.4 Å². The Balaban J connectivity index is 1.80. The number of carbonyl (C=O) groups excluding carboxylic acids is 1. The van der Waals surface area contributed by atoms with Crippen LogP contribution < -0.4 is 4.90 Å². The van der Waals surface area contributed by atoms with Crippen LogP contribution in [0.5, 0.6) is 0 Å². The number of halogens is 4. The lowest BCUT2D eigenvalue weighted by Crippen LogP contribution is -2.52. The fourth-order valence-electron chi connectivity index (χ4n) is 3.30. The van der Waals surface area contributed by atoms with Gasteiger partial charge in [0.25, 0.3) is 0 Å². The second-order valence-electron chi connectivity index (χ2n) is 8.07. The third-order valence-electron chi connectivity index (χ3n) is 5.09. The van der Waals surface area contributed by atoms with E-state index in [-0.39, 0.29) is 17.6 Å². The van der Waals surface area contributed by atoms with Gasteiger partial charge in [-0.3, -0.25) is 4.79 Å². The van der Waals surface area contributed by atoms with Crippen LogP contribution in [0.3, 0.4) is 0 Å². The van der Waals surface area contributed by atoms with E-state index in [0.717, 1.165) is 12.1 Å². The average molecular weight is 441 g/mol. The van der Waals surface area contributed by atoms with Crippen LogP contribution in [0.2, 0.25) is 0 Å². The Bertz CT molecular complexity index is 925. The summed E-state index contributed by atoms with van der Waals surface area (Å²) < 4.78 is 39.2. The van der Waals surface area contributed by atoms with Crippen molar-refractivity contribution in [1.82, 2.24) is 14.9 Å². The maximum absolute atomic E-state index is 13.1. The van der Waals surface area contributed by atoms with Gasteiger partial charge >= 0.3 is 6.18 Å². The fraction of sp³-hybridized carbons (Fsp3) is 0.476. The Morgan fingerprint density at radius 3 is 2.37 bits per heavy atom. The van der Waals surface area contributed by atoms with Crippen molar-refractivity contribution in [1.29, 1.82) is 0 Å². The lowest BCUT2D eigenvalue weighted by Gasteiger charge is -2.38. The number of hydrogen-bond donors (Lipinski definition) is 0. The molecule has 0 saturated carbocycles. The van der Waals surface area contributed by atoms with Crippen LogP contribution in [0, 0.1) is 12.3 Å². The van der Waals surface area contributed by atoms with E-state index < -0.39 is 17.2 Å². The molecule has 2 aromatic rings. The van der Waals surface area contributed by atoms with Crippen LogP contribution >= 0.6 is 11.6 Å². The van der Waals surface area contributed by atoms with E-state index in [2.05, 4.69) is 9.97 Å². The van der Waals surface area contributed by atoms with Crippen LogP contribution in [0.15, 0.2) is 30.3 Å². The molecular formula is C21H24ClF3N4O. The third-order valence-corrected chi connectivity index (χ3v) is 5.76. The molecule has 5 nitrogen and oxygen atoms in total. The molecule has 0 aliphatic carbocycles. The van der Waals surface area contributed by atoms with E-state index in [9.17, 15) is 18.0 Å². The Labute approximate surface area is 178 Å². The van der Waals surface area contributed by atoms with E-state index in [1.807, 2.05) is 18.7 Å². The number of aryl methyl sites for hydroxylation is 1. The zero-order chi connectivity index (χ0) is 22.1. The van der Waals surface area contributed by atoms with E-state index in [1.165, 1.54) is 6.07 Å². The van der Waals surface area contributed by atoms with Crippen molar-refractivity contribution < 1.29 is 18.0 Å². The molecule has 30 heavy (non-hydrogen) atoms. The first-order valence-corrected chi connectivity index (χ1v) is 10.2. The van der Waals surface area contributed by atoms with Gasteiger partial charge in [0.05, 0.1) is 11.0 Å². The van der Waals surface area contributed by atoms with Gasteiger partial charge in [-0.25, -0.2) is 9.97 Å². The quantitative estimate of drug-likeness (QED) is 0.662. The van der Waals surface area contributed by atoms with Gasteiger partial charge in [-0.05, 0) is 32.9 Å². The Kier molecular flexibility index (Phi) is 6.26. The molecule has 1 saturated heterocycles. The number of anilines is 1.